The molecule has 0 atom stereocenters. The highest BCUT2D eigenvalue weighted by molar-refractivity contribution is 5.69. The molecule has 0 aliphatic carbocycles. The number of pyridine rings is 2. The Kier molecular flexibility index (Phi) is 5.37. The zero-order valence-corrected chi connectivity index (χ0v) is 18.5. The lowest BCUT2D eigenvalue weighted by atomic mass is 9.86. The standard InChI is InChI=1S/C25H23N5O2/c1-25(2,16-26)19-6-8-20(9-7-19)30-22(14-28-24(30)31)21-13-17(11-12-27-21)18-5-10-23(32-4)29(3)15-18/h5-15H,1-4H3/p+1. The van der Waals surface area contributed by atoms with Crippen molar-refractivity contribution in [3.8, 4) is 40.2 Å². The van der Waals surface area contributed by atoms with Gasteiger partial charge >= 0.3 is 11.6 Å². The molecule has 0 spiro atoms. The Labute approximate surface area is 186 Å². The van der Waals surface area contributed by atoms with Gasteiger partial charge in [-0.15, -0.1) is 0 Å². The summed E-state index contributed by atoms with van der Waals surface area (Å²) in [6, 6.07) is 17.5. The number of ether oxygens (including phenoxy) is 1. The molecular formula is C25H24N5O2+. The van der Waals surface area contributed by atoms with Crippen LogP contribution in [-0.4, -0.2) is 21.6 Å². The van der Waals surface area contributed by atoms with Crippen molar-refractivity contribution in [1.29, 1.82) is 5.26 Å². The first-order valence-electron chi connectivity index (χ1n) is 10.2. The summed E-state index contributed by atoms with van der Waals surface area (Å²) in [5, 5.41) is 9.38. The molecule has 0 fully saturated rings. The summed E-state index contributed by atoms with van der Waals surface area (Å²) in [7, 11) is 3.56. The Morgan fingerprint density at radius 3 is 2.53 bits per heavy atom. The zero-order chi connectivity index (χ0) is 22.9. The minimum Gasteiger partial charge on any atom is -0.448 e. The van der Waals surface area contributed by atoms with Crippen LogP contribution in [0.2, 0.25) is 0 Å². The first-order chi connectivity index (χ1) is 15.3. The number of benzene rings is 1. The molecule has 0 bridgehead atoms. The van der Waals surface area contributed by atoms with Crippen LogP contribution < -0.4 is 15.0 Å². The van der Waals surface area contributed by atoms with Gasteiger partial charge in [0, 0.05) is 18.0 Å². The summed E-state index contributed by atoms with van der Waals surface area (Å²) in [4.78, 5) is 19.9. The van der Waals surface area contributed by atoms with Gasteiger partial charge in [0.05, 0.1) is 41.7 Å². The van der Waals surface area contributed by atoms with Gasteiger partial charge in [0.25, 0.3) is 0 Å². The number of H-pyrrole nitrogens is 1. The SMILES string of the molecule is COc1ccc(-c2ccnc(-c3c[nH]c(=O)n3-c3ccc(C(C)(C)C#N)cc3)c2)c[n+]1C. The largest absolute Gasteiger partial charge is 0.448 e. The molecule has 7 nitrogen and oxygen atoms in total. The van der Waals surface area contributed by atoms with Crippen LogP contribution in [0.4, 0.5) is 0 Å². The topological polar surface area (TPSA) is 87.6 Å². The van der Waals surface area contributed by atoms with Crippen LogP contribution >= 0.6 is 0 Å². The third-order valence-electron chi connectivity index (χ3n) is 5.55. The highest BCUT2D eigenvalue weighted by Crippen LogP contribution is 2.27. The summed E-state index contributed by atoms with van der Waals surface area (Å²) in [5.41, 5.74) is 4.03. The van der Waals surface area contributed by atoms with Crippen LogP contribution in [0.5, 0.6) is 5.88 Å². The average Bonchev–Trinajstić information content (AvgIpc) is 3.20. The van der Waals surface area contributed by atoms with Gasteiger partial charge in [0.1, 0.15) is 7.05 Å². The fraction of sp³-hybridized carbons (Fsp3) is 0.200. The molecule has 0 saturated heterocycles. The molecular weight excluding hydrogens is 402 g/mol. The number of methoxy groups -OCH3 is 1. The lowest BCUT2D eigenvalue weighted by Crippen LogP contribution is -2.29. The fourth-order valence-corrected chi connectivity index (χ4v) is 3.63. The minimum atomic E-state index is -0.602. The molecule has 0 radical (unpaired) electrons. The van der Waals surface area contributed by atoms with E-state index in [4.69, 9.17) is 4.74 Å². The van der Waals surface area contributed by atoms with Gasteiger partial charge in [0.2, 0.25) is 0 Å². The maximum atomic E-state index is 12.6. The number of nitrogens with one attached hydrogen (secondary N) is 1. The maximum absolute atomic E-state index is 12.6. The molecule has 160 valence electrons. The van der Waals surface area contributed by atoms with E-state index in [0.717, 1.165) is 22.6 Å². The molecule has 7 heteroatoms. The zero-order valence-electron chi connectivity index (χ0n) is 18.5. The van der Waals surface area contributed by atoms with Gasteiger partial charge in [-0.25, -0.2) is 4.79 Å². The first-order valence-corrected chi connectivity index (χ1v) is 10.2. The number of nitrogens with zero attached hydrogens (tertiary/aromatic N) is 4. The van der Waals surface area contributed by atoms with Crippen molar-refractivity contribution in [3.05, 3.63) is 83.2 Å². The van der Waals surface area contributed by atoms with Crippen molar-refractivity contribution in [2.24, 2.45) is 7.05 Å². The van der Waals surface area contributed by atoms with Crippen molar-refractivity contribution in [3.63, 3.8) is 0 Å². The highest BCUT2D eigenvalue weighted by atomic mass is 16.5. The van der Waals surface area contributed by atoms with Crippen molar-refractivity contribution in [2.75, 3.05) is 7.11 Å². The van der Waals surface area contributed by atoms with Gasteiger partial charge in [-0.1, -0.05) is 12.1 Å². The molecule has 0 amide bonds. The number of nitriles is 1. The van der Waals surface area contributed by atoms with E-state index < -0.39 is 5.41 Å². The molecule has 0 unspecified atom stereocenters. The normalized spacial score (nSPS) is 11.2. The third-order valence-corrected chi connectivity index (χ3v) is 5.55. The van der Waals surface area contributed by atoms with Gasteiger partial charge in [-0.3, -0.25) is 9.55 Å². The van der Waals surface area contributed by atoms with E-state index in [1.54, 1.807) is 24.1 Å². The monoisotopic (exact) mass is 426 g/mol. The van der Waals surface area contributed by atoms with E-state index in [2.05, 4.69) is 16.0 Å². The molecule has 3 aromatic heterocycles. The van der Waals surface area contributed by atoms with Gasteiger partial charge in [-0.05, 0) is 55.3 Å². The summed E-state index contributed by atoms with van der Waals surface area (Å²) >= 11 is 0. The number of hydrogen-bond donors (Lipinski definition) is 1. The Balaban J connectivity index is 1.76. The maximum Gasteiger partial charge on any atom is 0.367 e. The van der Waals surface area contributed by atoms with Crippen LogP contribution in [-0.2, 0) is 12.5 Å². The van der Waals surface area contributed by atoms with E-state index in [-0.39, 0.29) is 5.69 Å². The average molecular weight is 427 g/mol. The van der Waals surface area contributed by atoms with Crippen molar-refractivity contribution >= 4 is 0 Å². The van der Waals surface area contributed by atoms with Crippen LogP contribution in [0.15, 0.2) is 71.9 Å². The number of aryl methyl sites for hydroxylation is 1. The van der Waals surface area contributed by atoms with Crippen LogP contribution in [0.1, 0.15) is 19.4 Å². The number of hydrogen-bond acceptors (Lipinski definition) is 4. The van der Waals surface area contributed by atoms with E-state index in [1.165, 1.54) is 0 Å². The second-order valence-electron chi connectivity index (χ2n) is 8.10. The molecule has 0 aliphatic heterocycles. The van der Waals surface area contributed by atoms with Crippen molar-refractivity contribution < 1.29 is 9.30 Å². The minimum absolute atomic E-state index is 0.254. The fourth-order valence-electron chi connectivity index (χ4n) is 3.63. The second-order valence-corrected chi connectivity index (χ2v) is 8.10. The number of aromatic amines is 1. The van der Waals surface area contributed by atoms with Crippen LogP contribution in [0.3, 0.4) is 0 Å². The quantitative estimate of drug-likeness (QED) is 0.495. The predicted molar refractivity (Wildman–Crippen MR) is 121 cm³/mol. The van der Waals surface area contributed by atoms with Gasteiger partial charge in [-0.2, -0.15) is 9.83 Å². The predicted octanol–water partition coefficient (Wildman–Crippen LogP) is 3.53. The van der Waals surface area contributed by atoms with Crippen LogP contribution in [0, 0.1) is 11.3 Å². The summed E-state index contributed by atoms with van der Waals surface area (Å²) in [5.74, 6) is 0.755. The molecule has 0 saturated carbocycles. The van der Waals surface area contributed by atoms with E-state index in [9.17, 15) is 10.1 Å². The molecule has 4 rings (SSSR count). The first kappa shape index (κ1) is 21.1. The van der Waals surface area contributed by atoms with Gasteiger partial charge < -0.3 is 9.72 Å². The molecule has 4 aromatic rings. The third kappa shape index (κ3) is 3.79. The Morgan fingerprint density at radius 1 is 1.12 bits per heavy atom. The van der Waals surface area contributed by atoms with Crippen LogP contribution in [0.25, 0.3) is 28.2 Å². The van der Waals surface area contributed by atoms with E-state index in [1.807, 2.05) is 80.2 Å². The smallest absolute Gasteiger partial charge is 0.367 e. The summed E-state index contributed by atoms with van der Waals surface area (Å²) in [6.07, 6.45) is 5.38. The molecule has 1 aromatic carbocycles. The second kappa shape index (κ2) is 8.16. The van der Waals surface area contributed by atoms with Gasteiger partial charge in [0.15, 0.2) is 6.20 Å². The summed E-state index contributed by atoms with van der Waals surface area (Å²) in [6.45, 7) is 3.73. The number of rotatable bonds is 5. The highest BCUT2D eigenvalue weighted by Gasteiger charge is 2.20. The lowest BCUT2D eigenvalue weighted by molar-refractivity contribution is -0.676. The molecule has 32 heavy (non-hydrogen) atoms. The molecule has 1 N–H and O–H groups in total. The Bertz CT molecular complexity index is 1370. The molecule has 0 aliphatic rings. The Morgan fingerprint density at radius 2 is 1.88 bits per heavy atom. The number of aromatic nitrogens is 4. The lowest BCUT2D eigenvalue weighted by Gasteiger charge is -2.16. The van der Waals surface area contributed by atoms with E-state index >= 15 is 0 Å². The Hall–Kier alpha value is -4.18. The number of imidazole rings is 1. The summed E-state index contributed by atoms with van der Waals surface area (Å²) < 4.78 is 8.82. The van der Waals surface area contributed by atoms with Crippen molar-refractivity contribution in [2.45, 2.75) is 19.3 Å². The van der Waals surface area contributed by atoms with E-state index in [0.29, 0.717) is 17.1 Å². The van der Waals surface area contributed by atoms with Crippen molar-refractivity contribution in [1.82, 2.24) is 14.5 Å². The molecule has 3 heterocycles.